The number of fused-ring (bicyclic) bond motifs is 1. The van der Waals surface area contributed by atoms with Gasteiger partial charge in [-0.05, 0) is 49.2 Å². The summed E-state index contributed by atoms with van der Waals surface area (Å²) in [6.45, 7) is 11.8. The summed E-state index contributed by atoms with van der Waals surface area (Å²) in [7, 11) is 1.14. The molecule has 0 aromatic carbocycles. The van der Waals surface area contributed by atoms with E-state index in [1.165, 1.54) is 7.11 Å². The summed E-state index contributed by atoms with van der Waals surface area (Å²) < 4.78 is 17.3. The minimum Gasteiger partial charge on any atom is -0.468 e. The summed E-state index contributed by atoms with van der Waals surface area (Å²) in [5.41, 5.74) is -0.490. The van der Waals surface area contributed by atoms with Crippen LogP contribution in [0, 0.1) is 28.6 Å². The van der Waals surface area contributed by atoms with Crippen molar-refractivity contribution in [2.75, 3.05) is 20.8 Å². The van der Waals surface area contributed by atoms with Gasteiger partial charge in [-0.3, -0.25) is 4.79 Å². The molecule has 2 rings (SSSR count). The summed E-state index contributed by atoms with van der Waals surface area (Å²) in [6.07, 6.45) is 3.94. The summed E-state index contributed by atoms with van der Waals surface area (Å²) in [4.78, 5) is 12.9. The first-order chi connectivity index (χ1) is 12.1. The second-order valence-corrected chi connectivity index (χ2v) is 13.9. The van der Waals surface area contributed by atoms with E-state index >= 15 is 0 Å². The number of hydrogen-bond acceptors (Lipinski definition) is 5. The van der Waals surface area contributed by atoms with E-state index in [-0.39, 0.29) is 28.9 Å². The Morgan fingerprint density at radius 2 is 2.00 bits per heavy atom. The van der Waals surface area contributed by atoms with E-state index in [1.54, 1.807) is 7.11 Å². The molecule has 0 heterocycles. The predicted octanol–water partition coefficient (Wildman–Crippen LogP) is 4.06. The van der Waals surface area contributed by atoms with Gasteiger partial charge < -0.3 is 13.9 Å². The van der Waals surface area contributed by atoms with Crippen molar-refractivity contribution in [2.24, 2.45) is 17.3 Å². The fourth-order valence-corrected chi connectivity index (χ4v) is 5.37. The smallest absolute Gasteiger partial charge is 0.320 e. The van der Waals surface area contributed by atoms with Gasteiger partial charge in [0.15, 0.2) is 8.32 Å². The molecule has 6 heteroatoms. The molecule has 0 saturated heterocycles. The van der Waals surface area contributed by atoms with Gasteiger partial charge in [0.2, 0.25) is 0 Å². The minimum absolute atomic E-state index is 0.00642. The van der Waals surface area contributed by atoms with E-state index in [4.69, 9.17) is 13.9 Å². The number of allylic oxidation sites excluding steroid dienone is 1. The highest BCUT2D eigenvalue weighted by Gasteiger charge is 2.62. The molecule has 0 aromatic heterocycles. The molecule has 0 unspecified atom stereocenters. The lowest BCUT2D eigenvalue weighted by Crippen LogP contribution is -2.55. The van der Waals surface area contributed by atoms with Gasteiger partial charge in [0.05, 0.1) is 19.3 Å². The largest absolute Gasteiger partial charge is 0.468 e. The number of nitrogens with zero attached hydrogens (tertiary/aromatic N) is 1. The zero-order valence-corrected chi connectivity index (χ0v) is 18.2. The number of carbonyl (C=O) groups is 1. The quantitative estimate of drug-likeness (QED) is 0.532. The lowest BCUT2D eigenvalue weighted by Gasteiger charge is -2.48. The van der Waals surface area contributed by atoms with Crippen LogP contribution in [-0.2, 0) is 18.7 Å². The molecule has 1 saturated carbocycles. The molecule has 0 N–H and O–H groups in total. The van der Waals surface area contributed by atoms with Crippen molar-refractivity contribution in [2.45, 2.75) is 64.3 Å². The van der Waals surface area contributed by atoms with Crippen LogP contribution in [0.25, 0.3) is 0 Å². The van der Waals surface area contributed by atoms with E-state index in [2.05, 4.69) is 39.9 Å². The van der Waals surface area contributed by atoms with Crippen LogP contribution in [0.5, 0.6) is 0 Å². The molecule has 0 aliphatic heterocycles. The number of esters is 1. The number of rotatable bonds is 5. The molecule has 1 fully saturated rings. The van der Waals surface area contributed by atoms with Gasteiger partial charge in [0.25, 0.3) is 0 Å². The first kappa shape index (κ1) is 21.1. The highest BCUT2D eigenvalue weighted by atomic mass is 28.4. The average molecular weight is 380 g/mol. The van der Waals surface area contributed by atoms with Gasteiger partial charge in [-0.25, -0.2) is 0 Å². The fraction of sp³-hybridized carbons (Fsp3) is 0.800. The highest BCUT2D eigenvalue weighted by molar-refractivity contribution is 6.74. The van der Waals surface area contributed by atoms with Crippen LogP contribution >= 0.6 is 0 Å². The zero-order chi connectivity index (χ0) is 19.8. The van der Waals surface area contributed by atoms with Gasteiger partial charge >= 0.3 is 5.97 Å². The fourth-order valence-electron chi connectivity index (χ4n) is 4.30. The van der Waals surface area contributed by atoms with Crippen LogP contribution in [0.3, 0.4) is 0 Å². The molecule has 5 nitrogen and oxygen atoms in total. The van der Waals surface area contributed by atoms with Gasteiger partial charge in [0.1, 0.15) is 5.41 Å². The third-order valence-corrected chi connectivity index (χ3v) is 11.4. The van der Waals surface area contributed by atoms with Crippen LogP contribution in [-0.4, -0.2) is 41.2 Å². The third kappa shape index (κ3) is 3.26. The molecule has 26 heavy (non-hydrogen) atoms. The van der Waals surface area contributed by atoms with E-state index in [1.807, 2.05) is 6.08 Å². The van der Waals surface area contributed by atoms with E-state index < -0.39 is 13.7 Å². The van der Waals surface area contributed by atoms with Gasteiger partial charge in [-0.1, -0.05) is 26.8 Å². The summed E-state index contributed by atoms with van der Waals surface area (Å²) in [5.74, 6) is -0.138. The van der Waals surface area contributed by atoms with Crippen molar-refractivity contribution < 1.29 is 18.7 Å². The molecule has 146 valence electrons. The topological polar surface area (TPSA) is 68.6 Å². The lowest BCUT2D eigenvalue weighted by atomic mass is 9.59. The Kier molecular flexibility index (Phi) is 6.06. The van der Waals surface area contributed by atoms with E-state index in [9.17, 15) is 10.1 Å². The second-order valence-electron chi connectivity index (χ2n) is 9.07. The van der Waals surface area contributed by atoms with Crippen molar-refractivity contribution >= 4 is 14.3 Å². The normalized spacial score (nSPS) is 31.8. The first-order valence-corrected chi connectivity index (χ1v) is 12.3. The third-order valence-electron chi connectivity index (χ3n) is 6.88. The Hall–Kier alpha value is -1.16. The molecule has 0 amide bonds. The second kappa shape index (κ2) is 7.45. The molecule has 0 radical (unpaired) electrons. The average Bonchev–Trinajstić information content (AvgIpc) is 2.98. The molecule has 2 aliphatic carbocycles. The number of methoxy groups -OCH3 is 2. The molecule has 4 atom stereocenters. The monoisotopic (exact) mass is 379 g/mol. The molecular weight excluding hydrogens is 346 g/mol. The maximum atomic E-state index is 12.9. The van der Waals surface area contributed by atoms with Crippen LogP contribution < -0.4 is 0 Å². The molecule has 0 aromatic rings. The Balaban J connectivity index is 2.32. The van der Waals surface area contributed by atoms with Crippen molar-refractivity contribution in [1.29, 1.82) is 5.26 Å². The van der Waals surface area contributed by atoms with Crippen LogP contribution in [0.2, 0.25) is 18.1 Å². The lowest BCUT2D eigenvalue weighted by molar-refractivity contribution is -0.170. The van der Waals surface area contributed by atoms with Gasteiger partial charge in [0, 0.05) is 19.3 Å². The number of hydrogen-bond donors (Lipinski definition) is 0. The molecule has 0 spiro atoms. The zero-order valence-electron chi connectivity index (χ0n) is 17.2. The molecule has 0 bridgehead atoms. The maximum absolute atomic E-state index is 12.9. The van der Waals surface area contributed by atoms with E-state index in [0.29, 0.717) is 18.6 Å². The molecule has 2 aliphatic rings. The summed E-state index contributed by atoms with van der Waals surface area (Å²) >= 11 is 0. The van der Waals surface area contributed by atoms with Crippen LogP contribution in [0.4, 0.5) is 0 Å². The van der Waals surface area contributed by atoms with Crippen molar-refractivity contribution in [1.82, 2.24) is 0 Å². The Bertz CT molecular complexity index is 616. The van der Waals surface area contributed by atoms with Crippen molar-refractivity contribution in [3.8, 4) is 6.07 Å². The van der Waals surface area contributed by atoms with E-state index in [0.717, 1.165) is 12.8 Å². The van der Waals surface area contributed by atoms with Crippen molar-refractivity contribution in [3.63, 3.8) is 0 Å². The Morgan fingerprint density at radius 3 is 2.50 bits per heavy atom. The number of carbonyl (C=O) groups excluding carboxylic acids is 1. The van der Waals surface area contributed by atoms with Gasteiger partial charge in [-0.2, -0.15) is 5.26 Å². The van der Waals surface area contributed by atoms with Crippen LogP contribution in [0.15, 0.2) is 11.6 Å². The molecular formula is C20H33NO4Si. The Morgan fingerprint density at radius 1 is 1.35 bits per heavy atom. The van der Waals surface area contributed by atoms with Crippen LogP contribution in [0.1, 0.15) is 40.0 Å². The predicted molar refractivity (Wildman–Crippen MR) is 103 cm³/mol. The Labute approximate surface area is 158 Å². The van der Waals surface area contributed by atoms with Gasteiger partial charge in [-0.15, -0.1) is 0 Å². The number of ether oxygens (including phenoxy) is 2. The summed E-state index contributed by atoms with van der Waals surface area (Å²) in [6, 6.07) is 2.25. The number of nitriles is 1. The maximum Gasteiger partial charge on any atom is 0.320 e. The van der Waals surface area contributed by atoms with Crippen molar-refractivity contribution in [3.05, 3.63) is 11.6 Å². The standard InChI is InChI=1S/C20H33NO4Si/c1-19(2,3)26(6,7)25-13-14-8-11-17(23-4)20(18(22)24-5)15(12-21)9-10-16(14)20/h9,14,16-17H,8,10-11,13H2,1-7H3/t14-,16+,17-,20-/m0/s1. The first-order valence-electron chi connectivity index (χ1n) is 9.42. The minimum atomic E-state index is -1.87. The highest BCUT2D eigenvalue weighted by Crippen LogP contribution is 2.56. The summed E-state index contributed by atoms with van der Waals surface area (Å²) in [5, 5.41) is 9.81. The SMILES string of the molecule is COC(=O)[C@@]12C(C#N)=CC[C@@H]1[C@H](CO[Si](C)(C)C(C)(C)C)CC[C@@H]2OC.